The van der Waals surface area contributed by atoms with Crippen molar-refractivity contribution >= 4 is 5.97 Å². The van der Waals surface area contributed by atoms with E-state index in [1.54, 1.807) is 0 Å². The molecule has 0 aliphatic carbocycles. The fraction of sp³-hybridized carbons (Fsp3) is 0.800. The molecule has 0 bridgehead atoms. The number of hydrogen-bond donors (Lipinski definition) is 1. The Morgan fingerprint density at radius 2 is 2.22 bits per heavy atom. The van der Waals surface area contributed by atoms with Crippen LogP contribution in [0.1, 0.15) is 13.3 Å². The Bertz CT molecular complexity index is 74.6. The first-order valence-electron chi connectivity index (χ1n) is 2.57. The van der Waals surface area contributed by atoms with Gasteiger partial charge in [-0.15, -0.1) is 0 Å². The first kappa shape index (κ1) is 11.9. The van der Waals surface area contributed by atoms with E-state index in [0.717, 1.165) is 0 Å². The standard InChI is InChI=1S/C5H10O3.Ag/c1-2-8-4-3-5(6)7;/h2-4H2,1H3,(H,6,7);. The van der Waals surface area contributed by atoms with Gasteiger partial charge in [0.05, 0.1) is 13.0 Å². The molecule has 0 saturated carbocycles. The molecule has 0 aromatic rings. The van der Waals surface area contributed by atoms with Gasteiger partial charge in [0.25, 0.3) is 0 Å². The summed E-state index contributed by atoms with van der Waals surface area (Å²) in [7, 11) is 0. The molecular formula is C5H10AgO3. The van der Waals surface area contributed by atoms with Crippen LogP contribution < -0.4 is 0 Å². The van der Waals surface area contributed by atoms with Gasteiger partial charge >= 0.3 is 5.97 Å². The van der Waals surface area contributed by atoms with Crippen molar-refractivity contribution in [1.29, 1.82) is 0 Å². The minimum atomic E-state index is -0.807. The molecule has 0 aliphatic rings. The minimum absolute atomic E-state index is 0. The molecule has 0 aromatic heterocycles. The topological polar surface area (TPSA) is 46.5 Å². The van der Waals surface area contributed by atoms with E-state index in [1.807, 2.05) is 6.92 Å². The van der Waals surface area contributed by atoms with E-state index in [2.05, 4.69) is 0 Å². The average molecular weight is 226 g/mol. The van der Waals surface area contributed by atoms with Crippen LogP contribution in [0.3, 0.4) is 0 Å². The van der Waals surface area contributed by atoms with Gasteiger partial charge in [0.15, 0.2) is 0 Å². The molecule has 0 rings (SSSR count). The van der Waals surface area contributed by atoms with Crippen molar-refractivity contribution in [1.82, 2.24) is 0 Å². The summed E-state index contributed by atoms with van der Waals surface area (Å²) in [6.45, 7) is 2.75. The maximum Gasteiger partial charge on any atom is 0.305 e. The zero-order valence-corrected chi connectivity index (χ0v) is 6.67. The summed E-state index contributed by atoms with van der Waals surface area (Å²) in [6, 6.07) is 0. The second kappa shape index (κ2) is 8.17. The Hall–Kier alpha value is 0.170. The molecule has 0 unspecified atom stereocenters. The third-order valence-electron chi connectivity index (χ3n) is 0.664. The van der Waals surface area contributed by atoms with Gasteiger partial charge in [-0.3, -0.25) is 4.79 Å². The van der Waals surface area contributed by atoms with Gasteiger partial charge in [-0.25, -0.2) is 0 Å². The van der Waals surface area contributed by atoms with Crippen LogP contribution in [0.5, 0.6) is 0 Å². The van der Waals surface area contributed by atoms with Crippen LogP contribution in [0.2, 0.25) is 0 Å². The number of aliphatic carboxylic acids is 1. The van der Waals surface area contributed by atoms with Crippen molar-refractivity contribution in [2.75, 3.05) is 13.2 Å². The van der Waals surface area contributed by atoms with Crippen LogP contribution in [0.4, 0.5) is 0 Å². The number of rotatable bonds is 4. The maximum atomic E-state index is 9.79. The predicted octanol–water partition coefficient (Wildman–Crippen LogP) is 0.495. The minimum Gasteiger partial charge on any atom is -0.481 e. The number of carboxylic acid groups (broad SMARTS) is 1. The monoisotopic (exact) mass is 225 g/mol. The number of ether oxygens (including phenoxy) is 1. The van der Waals surface area contributed by atoms with Crippen LogP contribution >= 0.6 is 0 Å². The Kier molecular flexibility index (Phi) is 10.8. The van der Waals surface area contributed by atoms with E-state index in [-0.39, 0.29) is 28.8 Å². The molecule has 0 aliphatic heterocycles. The van der Waals surface area contributed by atoms with Gasteiger partial charge in [-0.2, -0.15) is 0 Å². The van der Waals surface area contributed by atoms with Crippen molar-refractivity contribution in [2.45, 2.75) is 13.3 Å². The summed E-state index contributed by atoms with van der Waals surface area (Å²) in [5, 5.41) is 8.06. The molecule has 0 fully saturated rings. The van der Waals surface area contributed by atoms with Crippen molar-refractivity contribution in [3.05, 3.63) is 0 Å². The summed E-state index contributed by atoms with van der Waals surface area (Å²) >= 11 is 0. The maximum absolute atomic E-state index is 9.79. The molecule has 0 aromatic carbocycles. The van der Waals surface area contributed by atoms with Gasteiger partial charge in [0.1, 0.15) is 0 Å². The van der Waals surface area contributed by atoms with Crippen molar-refractivity contribution in [3.63, 3.8) is 0 Å². The van der Waals surface area contributed by atoms with E-state index >= 15 is 0 Å². The molecular weight excluding hydrogens is 216 g/mol. The molecule has 0 atom stereocenters. The van der Waals surface area contributed by atoms with Gasteiger partial charge in [-0.05, 0) is 6.92 Å². The summed E-state index contributed by atoms with van der Waals surface area (Å²) in [5.74, 6) is -0.807. The first-order chi connectivity index (χ1) is 3.77. The first-order valence-corrected chi connectivity index (χ1v) is 2.57. The zero-order valence-electron chi connectivity index (χ0n) is 5.19. The van der Waals surface area contributed by atoms with Gasteiger partial charge in [0, 0.05) is 29.0 Å². The van der Waals surface area contributed by atoms with Crippen molar-refractivity contribution in [2.24, 2.45) is 0 Å². The molecule has 0 heterocycles. The van der Waals surface area contributed by atoms with Crippen LogP contribution in [0.25, 0.3) is 0 Å². The second-order valence-corrected chi connectivity index (χ2v) is 1.34. The number of carboxylic acids is 1. The molecule has 9 heavy (non-hydrogen) atoms. The molecule has 59 valence electrons. The van der Waals surface area contributed by atoms with Crippen LogP contribution in [0.15, 0.2) is 0 Å². The molecule has 0 saturated heterocycles. The predicted molar refractivity (Wildman–Crippen MR) is 28.7 cm³/mol. The largest absolute Gasteiger partial charge is 0.481 e. The van der Waals surface area contributed by atoms with E-state index < -0.39 is 5.97 Å². The van der Waals surface area contributed by atoms with E-state index in [1.165, 1.54) is 0 Å². The molecule has 3 nitrogen and oxygen atoms in total. The molecule has 4 heteroatoms. The fourth-order valence-corrected chi connectivity index (χ4v) is 0.304. The quantitative estimate of drug-likeness (QED) is 0.560. The van der Waals surface area contributed by atoms with Crippen LogP contribution in [0, 0.1) is 0 Å². The van der Waals surface area contributed by atoms with Gasteiger partial charge in [0.2, 0.25) is 0 Å². The molecule has 0 amide bonds. The molecule has 0 spiro atoms. The molecule has 1 N–H and O–H groups in total. The van der Waals surface area contributed by atoms with Gasteiger partial charge < -0.3 is 9.84 Å². The Morgan fingerprint density at radius 1 is 1.67 bits per heavy atom. The average Bonchev–Trinajstić information content (AvgIpc) is 1.66. The SMILES string of the molecule is CCOCCC(=O)O.[Ag]. The van der Waals surface area contributed by atoms with Crippen molar-refractivity contribution in [3.8, 4) is 0 Å². The van der Waals surface area contributed by atoms with Crippen molar-refractivity contribution < 1.29 is 37.0 Å². The second-order valence-electron chi connectivity index (χ2n) is 1.34. The summed E-state index contributed by atoms with van der Waals surface area (Å²) in [5.41, 5.74) is 0. The Morgan fingerprint density at radius 3 is 2.56 bits per heavy atom. The third kappa shape index (κ3) is 11.6. The van der Waals surface area contributed by atoms with Gasteiger partial charge in [-0.1, -0.05) is 0 Å². The summed E-state index contributed by atoms with van der Waals surface area (Å²) in [6.07, 6.45) is 0.105. The smallest absolute Gasteiger partial charge is 0.305 e. The van der Waals surface area contributed by atoms with E-state index in [0.29, 0.717) is 13.2 Å². The Balaban J connectivity index is 0. The normalized spacial score (nSPS) is 8.11. The van der Waals surface area contributed by atoms with Crippen LogP contribution in [-0.4, -0.2) is 24.3 Å². The fourth-order valence-electron chi connectivity index (χ4n) is 0.304. The summed E-state index contributed by atoms with van der Waals surface area (Å²) < 4.78 is 4.76. The zero-order chi connectivity index (χ0) is 6.41. The Labute approximate surface area is 69.9 Å². The van der Waals surface area contributed by atoms with Crippen LogP contribution in [-0.2, 0) is 31.9 Å². The summed E-state index contributed by atoms with van der Waals surface area (Å²) in [4.78, 5) is 9.79. The number of carbonyl (C=O) groups is 1. The molecule has 1 radical (unpaired) electrons. The number of hydrogen-bond acceptors (Lipinski definition) is 2. The third-order valence-corrected chi connectivity index (χ3v) is 0.664. The van der Waals surface area contributed by atoms with E-state index in [4.69, 9.17) is 9.84 Å². The van der Waals surface area contributed by atoms with E-state index in [9.17, 15) is 4.79 Å².